The van der Waals surface area contributed by atoms with Gasteiger partial charge in [-0.25, -0.2) is 4.98 Å². The van der Waals surface area contributed by atoms with Crippen LogP contribution in [0.5, 0.6) is 5.88 Å². The van der Waals surface area contributed by atoms with E-state index >= 15 is 0 Å². The predicted octanol–water partition coefficient (Wildman–Crippen LogP) is 1.03. The van der Waals surface area contributed by atoms with E-state index in [9.17, 15) is 4.79 Å². The SMILES string of the molecule is CN(CCO)C(=O)c1cccnc1OC1CCSC1. The molecule has 1 aromatic heterocycles. The van der Waals surface area contributed by atoms with Crippen LogP contribution in [0.25, 0.3) is 0 Å². The zero-order valence-electron chi connectivity index (χ0n) is 10.9. The van der Waals surface area contributed by atoms with Gasteiger partial charge in [0.1, 0.15) is 11.7 Å². The normalized spacial score (nSPS) is 18.3. The molecule has 1 unspecified atom stereocenters. The number of aromatic nitrogens is 1. The number of thioether (sulfide) groups is 1. The maximum Gasteiger partial charge on any atom is 0.259 e. The fraction of sp³-hybridized carbons (Fsp3) is 0.538. The van der Waals surface area contributed by atoms with E-state index in [-0.39, 0.29) is 18.6 Å². The third-order valence-corrected chi connectivity index (χ3v) is 4.08. The summed E-state index contributed by atoms with van der Waals surface area (Å²) in [6, 6.07) is 3.43. The van der Waals surface area contributed by atoms with Gasteiger partial charge in [0.15, 0.2) is 0 Å². The van der Waals surface area contributed by atoms with Crippen molar-refractivity contribution in [3.63, 3.8) is 0 Å². The van der Waals surface area contributed by atoms with Crippen molar-refractivity contribution in [2.45, 2.75) is 12.5 Å². The van der Waals surface area contributed by atoms with Gasteiger partial charge in [0, 0.05) is 25.5 Å². The number of aliphatic hydroxyl groups excluding tert-OH is 1. The van der Waals surface area contributed by atoms with Crippen molar-refractivity contribution in [3.8, 4) is 5.88 Å². The lowest BCUT2D eigenvalue weighted by Crippen LogP contribution is -2.30. The Balaban J connectivity index is 2.12. The monoisotopic (exact) mass is 282 g/mol. The van der Waals surface area contributed by atoms with Gasteiger partial charge in [-0.1, -0.05) is 0 Å². The number of ether oxygens (including phenoxy) is 1. The van der Waals surface area contributed by atoms with Crippen LogP contribution in [0, 0.1) is 0 Å². The number of likely N-dealkylation sites (N-methyl/N-ethyl adjacent to an activating group) is 1. The number of carbonyl (C=O) groups is 1. The molecule has 1 amide bonds. The van der Waals surface area contributed by atoms with Crippen LogP contribution < -0.4 is 4.74 Å². The van der Waals surface area contributed by atoms with Crippen molar-refractivity contribution < 1.29 is 14.6 Å². The van der Waals surface area contributed by atoms with Gasteiger partial charge in [-0.3, -0.25) is 4.79 Å². The molecule has 19 heavy (non-hydrogen) atoms. The maximum atomic E-state index is 12.2. The Kier molecular flexibility index (Phi) is 5.04. The Bertz CT molecular complexity index is 436. The molecule has 0 aromatic carbocycles. The number of amides is 1. The minimum Gasteiger partial charge on any atom is -0.473 e. The molecule has 2 rings (SSSR count). The zero-order chi connectivity index (χ0) is 13.7. The molecule has 1 fully saturated rings. The molecule has 1 aliphatic heterocycles. The second-order valence-electron chi connectivity index (χ2n) is 4.41. The van der Waals surface area contributed by atoms with E-state index in [2.05, 4.69) is 4.98 Å². The molecule has 1 aromatic rings. The third kappa shape index (κ3) is 3.61. The zero-order valence-corrected chi connectivity index (χ0v) is 11.7. The molecule has 1 aliphatic rings. The van der Waals surface area contributed by atoms with Crippen molar-refractivity contribution >= 4 is 17.7 Å². The van der Waals surface area contributed by atoms with Crippen LogP contribution in [-0.4, -0.2) is 58.7 Å². The van der Waals surface area contributed by atoms with Gasteiger partial charge in [-0.15, -0.1) is 0 Å². The Morgan fingerprint density at radius 2 is 2.53 bits per heavy atom. The molecule has 1 N–H and O–H groups in total. The van der Waals surface area contributed by atoms with E-state index in [1.807, 2.05) is 11.8 Å². The highest BCUT2D eigenvalue weighted by molar-refractivity contribution is 7.99. The molecule has 104 valence electrons. The van der Waals surface area contributed by atoms with E-state index < -0.39 is 0 Å². The summed E-state index contributed by atoms with van der Waals surface area (Å²) >= 11 is 1.85. The van der Waals surface area contributed by atoms with Gasteiger partial charge >= 0.3 is 0 Å². The molecular weight excluding hydrogens is 264 g/mol. The van der Waals surface area contributed by atoms with Crippen molar-refractivity contribution in [2.75, 3.05) is 31.7 Å². The number of aliphatic hydroxyl groups is 1. The summed E-state index contributed by atoms with van der Waals surface area (Å²) in [5.74, 6) is 2.25. The van der Waals surface area contributed by atoms with E-state index in [0.29, 0.717) is 18.0 Å². The molecule has 1 atom stereocenters. The van der Waals surface area contributed by atoms with Crippen LogP contribution in [0.4, 0.5) is 0 Å². The lowest BCUT2D eigenvalue weighted by atomic mass is 10.2. The van der Waals surface area contributed by atoms with Crippen LogP contribution in [0.3, 0.4) is 0 Å². The molecule has 0 saturated carbocycles. The molecule has 0 bridgehead atoms. The number of pyridine rings is 1. The second kappa shape index (κ2) is 6.77. The average Bonchev–Trinajstić information content (AvgIpc) is 2.92. The smallest absolute Gasteiger partial charge is 0.259 e. The van der Waals surface area contributed by atoms with Gasteiger partial charge < -0.3 is 14.7 Å². The molecular formula is C13H18N2O3S. The average molecular weight is 282 g/mol. The summed E-state index contributed by atoms with van der Waals surface area (Å²) in [6.07, 6.45) is 2.75. The van der Waals surface area contributed by atoms with E-state index in [4.69, 9.17) is 9.84 Å². The highest BCUT2D eigenvalue weighted by Crippen LogP contribution is 2.24. The maximum absolute atomic E-state index is 12.2. The summed E-state index contributed by atoms with van der Waals surface area (Å²) < 4.78 is 5.81. The van der Waals surface area contributed by atoms with Crippen molar-refractivity contribution in [1.82, 2.24) is 9.88 Å². The molecule has 5 nitrogen and oxygen atoms in total. The first kappa shape index (κ1) is 14.1. The number of rotatable bonds is 5. The Morgan fingerprint density at radius 3 is 3.21 bits per heavy atom. The molecule has 0 spiro atoms. The Morgan fingerprint density at radius 1 is 1.68 bits per heavy atom. The summed E-state index contributed by atoms with van der Waals surface area (Å²) in [6.45, 7) is 0.240. The number of hydrogen-bond donors (Lipinski definition) is 1. The number of nitrogens with zero attached hydrogens (tertiary/aromatic N) is 2. The van der Waals surface area contributed by atoms with Crippen LogP contribution in [0.1, 0.15) is 16.8 Å². The summed E-state index contributed by atoms with van der Waals surface area (Å²) in [5, 5.41) is 8.89. The fourth-order valence-corrected chi connectivity index (χ4v) is 2.96. The van der Waals surface area contributed by atoms with Crippen LogP contribution in [-0.2, 0) is 0 Å². The molecule has 0 radical (unpaired) electrons. The highest BCUT2D eigenvalue weighted by Gasteiger charge is 2.22. The minimum absolute atomic E-state index is 0.0576. The van der Waals surface area contributed by atoms with Crippen LogP contribution in [0.2, 0.25) is 0 Å². The summed E-state index contributed by atoms with van der Waals surface area (Å²) in [7, 11) is 1.65. The number of hydrogen-bond acceptors (Lipinski definition) is 5. The molecule has 0 aliphatic carbocycles. The van der Waals surface area contributed by atoms with Gasteiger partial charge in [-0.2, -0.15) is 11.8 Å². The fourth-order valence-electron chi connectivity index (χ4n) is 1.87. The van der Waals surface area contributed by atoms with E-state index in [1.165, 1.54) is 4.90 Å². The standard InChI is InChI=1S/C13H18N2O3S/c1-15(6-7-16)13(17)11-3-2-5-14-12(11)18-10-4-8-19-9-10/h2-3,5,10,16H,4,6-9H2,1H3. The van der Waals surface area contributed by atoms with Crippen molar-refractivity contribution in [3.05, 3.63) is 23.9 Å². The molecule has 2 heterocycles. The van der Waals surface area contributed by atoms with Crippen LogP contribution >= 0.6 is 11.8 Å². The summed E-state index contributed by atoms with van der Waals surface area (Å²) in [5.41, 5.74) is 0.454. The van der Waals surface area contributed by atoms with Crippen LogP contribution in [0.15, 0.2) is 18.3 Å². The second-order valence-corrected chi connectivity index (χ2v) is 5.56. The van der Waals surface area contributed by atoms with E-state index in [0.717, 1.165) is 17.9 Å². The lowest BCUT2D eigenvalue weighted by molar-refractivity contribution is 0.0759. The topological polar surface area (TPSA) is 62.7 Å². The first-order valence-corrected chi connectivity index (χ1v) is 7.43. The Hall–Kier alpha value is -1.27. The first-order chi connectivity index (χ1) is 9.22. The van der Waals surface area contributed by atoms with Crippen molar-refractivity contribution in [1.29, 1.82) is 0 Å². The summed E-state index contributed by atoms with van der Waals surface area (Å²) in [4.78, 5) is 17.8. The molecule has 1 saturated heterocycles. The third-order valence-electron chi connectivity index (χ3n) is 2.95. The Labute approximate surface area is 117 Å². The van der Waals surface area contributed by atoms with Gasteiger partial charge in [0.25, 0.3) is 5.91 Å². The van der Waals surface area contributed by atoms with Gasteiger partial charge in [0.05, 0.1) is 6.61 Å². The quantitative estimate of drug-likeness (QED) is 0.874. The van der Waals surface area contributed by atoms with Crippen molar-refractivity contribution in [2.24, 2.45) is 0 Å². The predicted molar refractivity (Wildman–Crippen MR) is 74.6 cm³/mol. The molecule has 6 heteroatoms. The number of carbonyl (C=O) groups excluding carboxylic acids is 1. The minimum atomic E-state index is -0.178. The highest BCUT2D eigenvalue weighted by atomic mass is 32.2. The van der Waals surface area contributed by atoms with Gasteiger partial charge in [-0.05, 0) is 24.3 Å². The lowest BCUT2D eigenvalue weighted by Gasteiger charge is -2.19. The van der Waals surface area contributed by atoms with Gasteiger partial charge in [0.2, 0.25) is 5.88 Å². The first-order valence-electron chi connectivity index (χ1n) is 6.28. The largest absolute Gasteiger partial charge is 0.473 e. The van der Waals surface area contributed by atoms with E-state index in [1.54, 1.807) is 25.4 Å².